The van der Waals surface area contributed by atoms with Crippen LogP contribution in [0.4, 0.5) is 9.93 Å². The van der Waals surface area contributed by atoms with Gasteiger partial charge < -0.3 is 15.4 Å². The molecule has 1 aliphatic heterocycles. The predicted octanol–water partition coefficient (Wildman–Crippen LogP) is 1.85. The SMILES string of the molecule is CC(C)(C)NC(=O)Nc1nnc(SCC(=O)NCC2CCCO2)s1. The first-order valence-electron chi connectivity index (χ1n) is 7.75. The topological polar surface area (TPSA) is 105 Å². The number of hydrogen-bond acceptors (Lipinski definition) is 7. The van der Waals surface area contributed by atoms with Crippen LogP contribution in [0.3, 0.4) is 0 Å². The summed E-state index contributed by atoms with van der Waals surface area (Å²) in [5, 5.41) is 16.5. The van der Waals surface area contributed by atoms with E-state index in [1.807, 2.05) is 20.8 Å². The Balaban J connectivity index is 1.69. The maximum Gasteiger partial charge on any atom is 0.321 e. The van der Waals surface area contributed by atoms with Crippen LogP contribution >= 0.6 is 23.1 Å². The van der Waals surface area contributed by atoms with Crippen molar-refractivity contribution in [2.45, 2.75) is 49.6 Å². The lowest BCUT2D eigenvalue weighted by Gasteiger charge is -2.19. The van der Waals surface area contributed by atoms with Crippen molar-refractivity contribution in [3.05, 3.63) is 0 Å². The van der Waals surface area contributed by atoms with Gasteiger partial charge in [-0.25, -0.2) is 4.79 Å². The van der Waals surface area contributed by atoms with Crippen LogP contribution < -0.4 is 16.0 Å². The normalized spacial score (nSPS) is 17.5. The first-order chi connectivity index (χ1) is 11.3. The average molecular weight is 374 g/mol. The molecule has 1 fully saturated rings. The highest BCUT2D eigenvalue weighted by Gasteiger charge is 2.17. The fourth-order valence-corrected chi connectivity index (χ4v) is 3.58. The van der Waals surface area contributed by atoms with Crippen molar-refractivity contribution in [3.63, 3.8) is 0 Å². The first-order valence-corrected chi connectivity index (χ1v) is 9.56. The molecule has 1 aromatic heterocycles. The number of rotatable bonds is 6. The minimum Gasteiger partial charge on any atom is -0.376 e. The molecule has 0 spiro atoms. The number of nitrogens with zero attached hydrogens (tertiary/aromatic N) is 2. The van der Waals surface area contributed by atoms with Gasteiger partial charge in [0, 0.05) is 18.7 Å². The van der Waals surface area contributed by atoms with Gasteiger partial charge in [0.05, 0.1) is 11.9 Å². The van der Waals surface area contributed by atoms with Gasteiger partial charge in [0.2, 0.25) is 11.0 Å². The predicted molar refractivity (Wildman–Crippen MR) is 94.5 cm³/mol. The molecule has 0 saturated carbocycles. The Morgan fingerprint density at radius 3 is 2.83 bits per heavy atom. The van der Waals surface area contributed by atoms with Crippen molar-refractivity contribution in [3.8, 4) is 0 Å². The summed E-state index contributed by atoms with van der Waals surface area (Å²) in [4.78, 5) is 23.6. The van der Waals surface area contributed by atoms with Crippen molar-refractivity contribution >= 4 is 40.2 Å². The monoisotopic (exact) mass is 373 g/mol. The molecule has 1 atom stereocenters. The minimum absolute atomic E-state index is 0.0642. The van der Waals surface area contributed by atoms with Crippen LogP contribution in [0, 0.1) is 0 Å². The average Bonchev–Trinajstić information content (AvgIpc) is 3.12. The standard InChI is InChI=1S/C14H23N5O3S2/c1-14(2,3)17-11(21)16-12-18-19-13(24-12)23-8-10(20)15-7-9-5-4-6-22-9/h9H,4-8H2,1-3H3,(H,15,20)(H2,16,17,18,21). The van der Waals surface area contributed by atoms with E-state index in [1.165, 1.54) is 23.1 Å². The van der Waals surface area contributed by atoms with E-state index in [0.717, 1.165) is 19.4 Å². The van der Waals surface area contributed by atoms with Crippen molar-refractivity contribution in [2.24, 2.45) is 0 Å². The number of aromatic nitrogens is 2. The van der Waals surface area contributed by atoms with Crippen LogP contribution in [-0.4, -0.2) is 52.7 Å². The summed E-state index contributed by atoms with van der Waals surface area (Å²) in [6.45, 7) is 7.00. The molecule has 0 aliphatic carbocycles. The second-order valence-corrected chi connectivity index (χ2v) is 8.63. The third-order valence-corrected chi connectivity index (χ3v) is 4.97. The number of carbonyl (C=O) groups excluding carboxylic acids is 2. The molecule has 1 aromatic rings. The van der Waals surface area contributed by atoms with Gasteiger partial charge in [-0.1, -0.05) is 23.1 Å². The van der Waals surface area contributed by atoms with Crippen LogP contribution in [0.2, 0.25) is 0 Å². The van der Waals surface area contributed by atoms with Gasteiger partial charge in [0.1, 0.15) is 0 Å². The van der Waals surface area contributed by atoms with E-state index in [1.54, 1.807) is 0 Å². The quantitative estimate of drug-likeness (QED) is 0.519. The largest absolute Gasteiger partial charge is 0.376 e. The third-order valence-electron chi connectivity index (χ3n) is 2.99. The number of anilines is 1. The molecule has 24 heavy (non-hydrogen) atoms. The Kier molecular flexibility index (Phi) is 6.81. The molecule has 2 rings (SSSR count). The molecule has 0 radical (unpaired) electrons. The number of thioether (sulfide) groups is 1. The van der Waals surface area contributed by atoms with Crippen LogP contribution in [0.5, 0.6) is 0 Å². The van der Waals surface area contributed by atoms with Crippen LogP contribution in [0.25, 0.3) is 0 Å². The molecule has 3 N–H and O–H groups in total. The Morgan fingerprint density at radius 2 is 2.17 bits per heavy atom. The summed E-state index contributed by atoms with van der Waals surface area (Å²) in [7, 11) is 0. The number of ether oxygens (including phenoxy) is 1. The van der Waals surface area contributed by atoms with E-state index in [0.29, 0.717) is 16.0 Å². The highest BCUT2D eigenvalue weighted by Crippen LogP contribution is 2.25. The summed E-state index contributed by atoms with van der Waals surface area (Å²) < 4.78 is 6.09. The summed E-state index contributed by atoms with van der Waals surface area (Å²) in [5.74, 6) is 0.195. The fraction of sp³-hybridized carbons (Fsp3) is 0.714. The summed E-state index contributed by atoms with van der Waals surface area (Å²) in [6, 6.07) is -0.329. The summed E-state index contributed by atoms with van der Waals surface area (Å²) in [6.07, 6.45) is 2.19. The second kappa shape index (κ2) is 8.63. The van der Waals surface area contributed by atoms with Gasteiger partial charge >= 0.3 is 6.03 Å². The van der Waals surface area contributed by atoms with E-state index >= 15 is 0 Å². The van der Waals surface area contributed by atoms with E-state index < -0.39 is 0 Å². The zero-order valence-corrected chi connectivity index (χ0v) is 15.7. The Bertz CT molecular complexity index is 567. The Morgan fingerprint density at radius 1 is 1.38 bits per heavy atom. The van der Waals surface area contributed by atoms with Crippen molar-refractivity contribution in [2.75, 3.05) is 24.2 Å². The lowest BCUT2D eigenvalue weighted by atomic mass is 10.1. The third kappa shape index (κ3) is 7.02. The smallest absolute Gasteiger partial charge is 0.321 e. The van der Waals surface area contributed by atoms with Crippen molar-refractivity contribution < 1.29 is 14.3 Å². The number of urea groups is 1. The molecule has 10 heteroatoms. The van der Waals surface area contributed by atoms with E-state index in [9.17, 15) is 9.59 Å². The maximum atomic E-state index is 11.8. The van der Waals surface area contributed by atoms with Crippen LogP contribution in [-0.2, 0) is 9.53 Å². The van der Waals surface area contributed by atoms with E-state index in [-0.39, 0.29) is 29.3 Å². The molecule has 1 unspecified atom stereocenters. The number of carbonyl (C=O) groups is 2. The highest BCUT2D eigenvalue weighted by molar-refractivity contribution is 8.01. The summed E-state index contributed by atoms with van der Waals surface area (Å²) in [5.41, 5.74) is -0.326. The zero-order valence-electron chi connectivity index (χ0n) is 14.0. The molecular formula is C14H23N5O3S2. The molecule has 0 bridgehead atoms. The molecule has 1 aliphatic rings. The van der Waals surface area contributed by atoms with Gasteiger partial charge in [0.15, 0.2) is 4.34 Å². The van der Waals surface area contributed by atoms with Crippen molar-refractivity contribution in [1.82, 2.24) is 20.8 Å². The molecule has 1 saturated heterocycles. The molecule has 3 amide bonds. The van der Waals surface area contributed by atoms with Gasteiger partial charge in [0.25, 0.3) is 0 Å². The summed E-state index contributed by atoms with van der Waals surface area (Å²) >= 11 is 2.53. The number of amides is 3. The molecular weight excluding hydrogens is 350 g/mol. The maximum absolute atomic E-state index is 11.8. The minimum atomic E-state index is -0.329. The lowest BCUT2D eigenvalue weighted by Crippen LogP contribution is -2.43. The molecule has 2 heterocycles. The van der Waals surface area contributed by atoms with E-state index in [4.69, 9.17) is 4.74 Å². The molecule has 8 nitrogen and oxygen atoms in total. The van der Waals surface area contributed by atoms with Crippen LogP contribution in [0.15, 0.2) is 4.34 Å². The van der Waals surface area contributed by atoms with Gasteiger partial charge in [-0.05, 0) is 33.6 Å². The van der Waals surface area contributed by atoms with Gasteiger partial charge in [-0.15, -0.1) is 10.2 Å². The molecule has 134 valence electrons. The molecule has 0 aromatic carbocycles. The van der Waals surface area contributed by atoms with Crippen molar-refractivity contribution in [1.29, 1.82) is 0 Å². The Hall–Kier alpha value is -1.39. The fourth-order valence-electron chi connectivity index (χ4n) is 2.00. The van der Waals surface area contributed by atoms with Crippen LogP contribution in [0.1, 0.15) is 33.6 Å². The lowest BCUT2D eigenvalue weighted by molar-refractivity contribution is -0.119. The second-order valence-electron chi connectivity index (χ2n) is 6.43. The number of nitrogens with one attached hydrogen (secondary N) is 3. The van der Waals surface area contributed by atoms with Gasteiger partial charge in [-0.2, -0.15) is 0 Å². The highest BCUT2D eigenvalue weighted by atomic mass is 32.2. The van der Waals surface area contributed by atoms with Gasteiger partial charge in [-0.3, -0.25) is 10.1 Å². The number of hydrogen-bond donors (Lipinski definition) is 3. The zero-order chi connectivity index (χ0) is 17.6. The van der Waals surface area contributed by atoms with E-state index in [2.05, 4.69) is 26.1 Å². The Labute approximate surface area is 149 Å². The first kappa shape index (κ1) is 18.9.